The third-order valence-corrected chi connectivity index (χ3v) is 5.76. The van der Waals surface area contributed by atoms with Gasteiger partial charge in [0.15, 0.2) is 5.78 Å². The summed E-state index contributed by atoms with van der Waals surface area (Å²) < 4.78 is 1.65. The molecule has 2 heterocycles. The molecular weight excluding hydrogens is 398 g/mol. The highest BCUT2D eigenvalue weighted by atomic mass is 35.5. The number of ketones is 1. The number of hydrogen-bond donors (Lipinski definition) is 1. The molecule has 1 aliphatic heterocycles. The first kappa shape index (κ1) is 18.6. The van der Waals surface area contributed by atoms with Gasteiger partial charge in [-0.25, -0.2) is 4.68 Å². The molecule has 1 aromatic heterocycles. The largest absolute Gasteiger partial charge is 0.310 e. The van der Waals surface area contributed by atoms with Crippen LogP contribution in [0.25, 0.3) is 16.5 Å². The van der Waals surface area contributed by atoms with Crippen molar-refractivity contribution in [3.05, 3.63) is 88.6 Å². The fourth-order valence-electron chi connectivity index (χ4n) is 4.19. The smallest absolute Gasteiger partial charge is 0.226 e. The Kier molecular flexibility index (Phi) is 4.40. The molecule has 1 N–H and O–H groups in total. The van der Waals surface area contributed by atoms with Crippen LogP contribution in [0.3, 0.4) is 0 Å². The van der Waals surface area contributed by atoms with Crippen molar-refractivity contribution in [1.82, 2.24) is 9.78 Å². The van der Waals surface area contributed by atoms with Crippen LogP contribution in [0.1, 0.15) is 34.0 Å². The molecule has 0 spiro atoms. The molecule has 6 heteroatoms. The average molecular weight is 416 g/mol. The van der Waals surface area contributed by atoms with Crippen LogP contribution in [-0.2, 0) is 4.79 Å². The molecule has 1 aliphatic rings. The van der Waals surface area contributed by atoms with Crippen molar-refractivity contribution < 1.29 is 9.59 Å². The molecule has 0 unspecified atom stereocenters. The van der Waals surface area contributed by atoms with Crippen LogP contribution in [0.15, 0.2) is 66.7 Å². The molecule has 5 nitrogen and oxygen atoms in total. The molecule has 1 amide bonds. The van der Waals surface area contributed by atoms with E-state index in [-0.39, 0.29) is 18.1 Å². The molecule has 4 aromatic rings. The number of carbonyl (C=O) groups excluding carboxylic acids is 2. The Morgan fingerprint density at radius 3 is 2.70 bits per heavy atom. The topological polar surface area (TPSA) is 64.0 Å². The van der Waals surface area contributed by atoms with Gasteiger partial charge >= 0.3 is 0 Å². The van der Waals surface area contributed by atoms with E-state index in [4.69, 9.17) is 11.6 Å². The standard InChI is InChI=1S/C24H18ClN3O2/c1-14-22-20(23(30)19-11-4-7-15-6-2-3-10-18(15)19)13-21(29)26-24(22)28(27-14)17-9-5-8-16(25)12-17/h2-12,20H,13H2,1H3,(H,26,29)/t20-/m0/s1. The number of benzene rings is 3. The number of halogens is 1. The third kappa shape index (κ3) is 2.99. The van der Waals surface area contributed by atoms with Crippen molar-refractivity contribution >= 4 is 39.9 Å². The number of aromatic nitrogens is 2. The molecule has 0 radical (unpaired) electrons. The average Bonchev–Trinajstić information content (AvgIpc) is 3.08. The Morgan fingerprint density at radius 2 is 1.87 bits per heavy atom. The number of nitrogens with one attached hydrogen (secondary N) is 1. The Morgan fingerprint density at radius 1 is 1.10 bits per heavy atom. The number of aryl methyl sites for hydroxylation is 1. The summed E-state index contributed by atoms with van der Waals surface area (Å²) in [6.45, 7) is 1.86. The maximum absolute atomic E-state index is 13.6. The van der Waals surface area contributed by atoms with Gasteiger partial charge in [-0.3, -0.25) is 9.59 Å². The van der Waals surface area contributed by atoms with Crippen LogP contribution in [-0.4, -0.2) is 21.5 Å². The first-order valence-electron chi connectivity index (χ1n) is 9.70. The molecule has 0 aliphatic carbocycles. The number of hydrogen-bond acceptors (Lipinski definition) is 3. The summed E-state index contributed by atoms with van der Waals surface area (Å²) >= 11 is 6.15. The first-order valence-corrected chi connectivity index (χ1v) is 10.1. The van der Waals surface area contributed by atoms with E-state index in [0.29, 0.717) is 22.1 Å². The number of amides is 1. The van der Waals surface area contributed by atoms with E-state index in [1.54, 1.807) is 16.8 Å². The number of Topliss-reactive ketones (excluding diaryl/α,β-unsaturated/α-hetero) is 1. The molecule has 5 rings (SSSR count). The highest BCUT2D eigenvalue weighted by molar-refractivity contribution is 6.30. The van der Waals surface area contributed by atoms with E-state index in [2.05, 4.69) is 10.4 Å². The maximum Gasteiger partial charge on any atom is 0.226 e. The number of nitrogens with zero attached hydrogens (tertiary/aromatic N) is 2. The number of carbonyl (C=O) groups is 2. The van der Waals surface area contributed by atoms with E-state index >= 15 is 0 Å². The highest BCUT2D eigenvalue weighted by Gasteiger charge is 2.36. The molecule has 3 aromatic carbocycles. The zero-order chi connectivity index (χ0) is 20.8. The quantitative estimate of drug-likeness (QED) is 0.462. The summed E-state index contributed by atoms with van der Waals surface area (Å²) in [5.74, 6) is -0.335. The van der Waals surface area contributed by atoms with Gasteiger partial charge < -0.3 is 5.32 Å². The number of anilines is 1. The van der Waals surface area contributed by atoms with Gasteiger partial charge in [-0.05, 0) is 35.9 Å². The number of fused-ring (bicyclic) bond motifs is 2. The zero-order valence-corrected chi connectivity index (χ0v) is 17.0. The van der Waals surface area contributed by atoms with Gasteiger partial charge in [-0.15, -0.1) is 0 Å². The second-order valence-electron chi connectivity index (χ2n) is 7.44. The SMILES string of the molecule is Cc1nn(-c2cccc(Cl)c2)c2c1[C@@H](C(=O)c1cccc3ccccc13)CC(=O)N2. The molecular formula is C24H18ClN3O2. The van der Waals surface area contributed by atoms with Crippen LogP contribution >= 0.6 is 11.6 Å². The van der Waals surface area contributed by atoms with Crippen molar-refractivity contribution in [2.45, 2.75) is 19.3 Å². The molecule has 1 atom stereocenters. The Labute approximate surface area is 178 Å². The molecule has 30 heavy (non-hydrogen) atoms. The van der Waals surface area contributed by atoms with E-state index in [1.165, 1.54) is 0 Å². The summed E-state index contributed by atoms with van der Waals surface area (Å²) in [5.41, 5.74) is 2.81. The van der Waals surface area contributed by atoms with Crippen molar-refractivity contribution in [2.75, 3.05) is 5.32 Å². The van der Waals surface area contributed by atoms with Crippen LogP contribution in [0.2, 0.25) is 5.02 Å². The molecule has 148 valence electrons. The first-order chi connectivity index (χ1) is 14.5. The molecule has 0 saturated heterocycles. The van der Waals surface area contributed by atoms with Crippen molar-refractivity contribution in [3.8, 4) is 5.69 Å². The Bertz CT molecular complexity index is 1320. The summed E-state index contributed by atoms with van der Waals surface area (Å²) in [6, 6.07) is 20.7. The number of rotatable bonds is 3. The Hall–Kier alpha value is -3.44. The van der Waals surface area contributed by atoms with Gasteiger partial charge in [0.1, 0.15) is 5.82 Å². The minimum atomic E-state index is -0.590. The second kappa shape index (κ2) is 7.11. The minimum absolute atomic E-state index is 0.0726. The summed E-state index contributed by atoms with van der Waals surface area (Å²) in [6.07, 6.45) is 0.0944. The van der Waals surface area contributed by atoms with Crippen molar-refractivity contribution in [1.29, 1.82) is 0 Å². The summed E-state index contributed by atoms with van der Waals surface area (Å²) in [5, 5.41) is 9.98. The van der Waals surface area contributed by atoms with Crippen LogP contribution < -0.4 is 5.32 Å². The maximum atomic E-state index is 13.6. The summed E-state index contributed by atoms with van der Waals surface area (Å²) in [4.78, 5) is 26.2. The van der Waals surface area contributed by atoms with E-state index in [1.807, 2.05) is 61.5 Å². The normalized spacial score (nSPS) is 15.7. The third-order valence-electron chi connectivity index (χ3n) is 5.53. The lowest BCUT2D eigenvalue weighted by Gasteiger charge is -2.23. The molecule has 0 bridgehead atoms. The van der Waals surface area contributed by atoms with Crippen LogP contribution in [0, 0.1) is 6.92 Å². The van der Waals surface area contributed by atoms with E-state index in [9.17, 15) is 9.59 Å². The van der Waals surface area contributed by atoms with Gasteiger partial charge in [0.25, 0.3) is 0 Å². The van der Waals surface area contributed by atoms with Gasteiger partial charge in [0.2, 0.25) is 5.91 Å². The minimum Gasteiger partial charge on any atom is -0.310 e. The summed E-state index contributed by atoms with van der Waals surface area (Å²) in [7, 11) is 0. The lowest BCUT2D eigenvalue weighted by Crippen LogP contribution is -2.28. The van der Waals surface area contributed by atoms with Gasteiger partial charge in [0, 0.05) is 22.6 Å². The highest BCUT2D eigenvalue weighted by Crippen LogP contribution is 2.39. The lowest BCUT2D eigenvalue weighted by molar-refractivity contribution is -0.116. The van der Waals surface area contributed by atoms with Gasteiger partial charge in [-0.1, -0.05) is 60.1 Å². The molecule has 0 saturated carbocycles. The van der Waals surface area contributed by atoms with E-state index < -0.39 is 5.92 Å². The van der Waals surface area contributed by atoms with Gasteiger partial charge in [-0.2, -0.15) is 5.10 Å². The second-order valence-corrected chi connectivity index (χ2v) is 7.87. The predicted molar refractivity (Wildman–Crippen MR) is 118 cm³/mol. The Balaban J connectivity index is 1.66. The lowest BCUT2D eigenvalue weighted by atomic mass is 9.84. The van der Waals surface area contributed by atoms with Crippen LogP contribution in [0.5, 0.6) is 0 Å². The van der Waals surface area contributed by atoms with E-state index in [0.717, 1.165) is 22.0 Å². The predicted octanol–water partition coefficient (Wildman–Crippen LogP) is 5.30. The molecule has 0 fully saturated rings. The van der Waals surface area contributed by atoms with Gasteiger partial charge in [0.05, 0.1) is 17.3 Å². The zero-order valence-electron chi connectivity index (χ0n) is 16.2. The van der Waals surface area contributed by atoms with Crippen molar-refractivity contribution in [3.63, 3.8) is 0 Å². The fraction of sp³-hybridized carbons (Fsp3) is 0.125. The monoisotopic (exact) mass is 415 g/mol. The van der Waals surface area contributed by atoms with Crippen molar-refractivity contribution in [2.24, 2.45) is 0 Å². The fourth-order valence-corrected chi connectivity index (χ4v) is 4.38. The van der Waals surface area contributed by atoms with Crippen LogP contribution in [0.4, 0.5) is 5.82 Å².